The van der Waals surface area contributed by atoms with E-state index in [-0.39, 0.29) is 6.42 Å². The normalized spacial score (nSPS) is 33.3. The second kappa shape index (κ2) is 4.42. The summed E-state index contributed by atoms with van der Waals surface area (Å²) in [6.07, 6.45) is -6.12. The van der Waals surface area contributed by atoms with Gasteiger partial charge in [-0.25, -0.2) is 0 Å². The number of ketones is 1. The van der Waals surface area contributed by atoms with Gasteiger partial charge in [-0.3, -0.25) is 4.79 Å². The first-order valence-electron chi connectivity index (χ1n) is 6.84. The maximum atomic E-state index is 13.7. The molecule has 9 heteroatoms. The molecule has 0 amide bonds. The molecular weight excluding hydrogens is 333 g/mol. The Hall–Kier alpha value is -1.28. The minimum atomic E-state index is -6.56. The van der Waals surface area contributed by atoms with E-state index in [9.17, 15) is 40.6 Å². The van der Waals surface area contributed by atoms with Crippen LogP contribution in [0.5, 0.6) is 0 Å². The molecule has 0 heterocycles. The highest BCUT2D eigenvalue weighted by Gasteiger charge is 2.76. The molecule has 0 aromatic carbocycles. The van der Waals surface area contributed by atoms with Crippen molar-refractivity contribution < 1.29 is 40.6 Å². The largest absolute Gasteiger partial charge is 0.506 e. The minimum absolute atomic E-state index is 0.155. The quantitative estimate of drug-likeness (QED) is 0.448. The summed E-state index contributed by atoms with van der Waals surface area (Å²) in [7, 11) is 0. The van der Waals surface area contributed by atoms with Crippen molar-refractivity contribution in [1.29, 1.82) is 0 Å². The van der Waals surface area contributed by atoms with Gasteiger partial charge in [0, 0.05) is 11.0 Å². The molecule has 2 aliphatic carbocycles. The van der Waals surface area contributed by atoms with Crippen LogP contribution in [0.3, 0.4) is 0 Å². The fraction of sp³-hybridized carbons (Fsp3) is 0.786. The van der Waals surface area contributed by atoms with Crippen LogP contribution in [0.1, 0.15) is 33.6 Å². The topological polar surface area (TPSA) is 37.3 Å². The van der Waals surface area contributed by atoms with Crippen LogP contribution < -0.4 is 0 Å². The molecular formula is C14H15F7O2. The molecule has 0 aromatic heterocycles. The summed E-state index contributed by atoms with van der Waals surface area (Å²) in [6.45, 7) is 4.53. The Morgan fingerprint density at radius 2 is 1.57 bits per heavy atom. The Bertz CT molecular complexity index is 588. The number of halogens is 7. The molecule has 2 bridgehead atoms. The summed E-state index contributed by atoms with van der Waals surface area (Å²) >= 11 is 0. The number of fused-ring (bicyclic) bond motifs is 2. The van der Waals surface area contributed by atoms with Crippen molar-refractivity contribution in [3.05, 3.63) is 11.3 Å². The van der Waals surface area contributed by atoms with Crippen LogP contribution in [0.2, 0.25) is 0 Å². The van der Waals surface area contributed by atoms with E-state index >= 15 is 0 Å². The van der Waals surface area contributed by atoms with E-state index in [0.29, 0.717) is 6.42 Å². The van der Waals surface area contributed by atoms with E-state index in [0.717, 1.165) is 0 Å². The molecule has 0 aromatic rings. The number of aliphatic hydroxyl groups excluding tert-OH is 1. The third kappa shape index (κ3) is 1.91. The van der Waals surface area contributed by atoms with Gasteiger partial charge in [0.25, 0.3) is 0 Å². The smallest absolute Gasteiger partial charge is 0.460 e. The average Bonchev–Trinajstić information content (AvgIpc) is 2.68. The van der Waals surface area contributed by atoms with Crippen LogP contribution in [-0.2, 0) is 4.79 Å². The zero-order chi connectivity index (χ0) is 18.2. The number of carbonyl (C=O) groups excluding carboxylic acids is 1. The molecule has 2 saturated carbocycles. The highest BCUT2D eigenvalue weighted by molar-refractivity contribution is 6.05. The fourth-order valence-electron chi connectivity index (χ4n) is 3.64. The third-order valence-electron chi connectivity index (χ3n) is 5.62. The molecule has 2 rings (SSSR count). The maximum Gasteiger partial charge on any atom is 0.460 e. The van der Waals surface area contributed by atoms with Gasteiger partial charge in [0.1, 0.15) is 0 Å². The molecule has 2 atom stereocenters. The van der Waals surface area contributed by atoms with Crippen LogP contribution in [0.25, 0.3) is 0 Å². The molecule has 2 nitrogen and oxygen atoms in total. The number of hydrogen-bond donors (Lipinski definition) is 1. The lowest BCUT2D eigenvalue weighted by atomic mass is 9.70. The van der Waals surface area contributed by atoms with Crippen molar-refractivity contribution in [2.45, 2.75) is 51.6 Å². The standard InChI is InChI=1S/C14H15F7O2/c1-10(2)6-4-5-11(10,3)8(22)7(6)9(23)12(15,16)13(17,18)14(19,20)21/h6,23H,4-5H2,1-3H3/b9-7-. The molecule has 2 fully saturated rings. The second-order valence-electron chi connectivity index (χ2n) is 6.88. The van der Waals surface area contributed by atoms with E-state index in [2.05, 4.69) is 0 Å². The van der Waals surface area contributed by atoms with Gasteiger partial charge >= 0.3 is 18.0 Å². The van der Waals surface area contributed by atoms with Crippen LogP contribution in [0.4, 0.5) is 30.7 Å². The Morgan fingerprint density at radius 3 is 1.91 bits per heavy atom. The van der Waals surface area contributed by atoms with Crippen molar-refractivity contribution >= 4 is 5.78 Å². The van der Waals surface area contributed by atoms with Crippen LogP contribution in [-0.4, -0.2) is 28.9 Å². The summed E-state index contributed by atoms with van der Waals surface area (Å²) in [4.78, 5) is 12.3. The molecule has 2 unspecified atom stereocenters. The van der Waals surface area contributed by atoms with Crippen molar-refractivity contribution in [2.24, 2.45) is 16.7 Å². The van der Waals surface area contributed by atoms with Gasteiger partial charge in [-0.1, -0.05) is 20.8 Å². The Morgan fingerprint density at radius 1 is 1.09 bits per heavy atom. The van der Waals surface area contributed by atoms with Gasteiger partial charge in [-0.2, -0.15) is 30.7 Å². The van der Waals surface area contributed by atoms with Crippen LogP contribution in [0.15, 0.2) is 11.3 Å². The fourth-order valence-corrected chi connectivity index (χ4v) is 3.64. The van der Waals surface area contributed by atoms with E-state index < -0.39 is 51.9 Å². The average molecular weight is 348 g/mol. The van der Waals surface area contributed by atoms with Crippen molar-refractivity contribution in [3.63, 3.8) is 0 Å². The lowest BCUT2D eigenvalue weighted by Crippen LogP contribution is -2.53. The molecule has 0 aliphatic heterocycles. The minimum Gasteiger partial charge on any atom is -0.506 e. The van der Waals surface area contributed by atoms with Gasteiger partial charge in [0.15, 0.2) is 11.5 Å². The first kappa shape index (κ1) is 18.1. The summed E-state index contributed by atoms with van der Waals surface area (Å²) < 4.78 is 90.3. The Kier molecular flexibility index (Phi) is 3.47. The highest BCUT2D eigenvalue weighted by Crippen LogP contribution is 2.67. The number of Topliss-reactive ketones (excluding diaryl/α,β-unsaturated/α-hetero) is 1. The van der Waals surface area contributed by atoms with E-state index in [4.69, 9.17) is 0 Å². The Balaban J connectivity index is 2.62. The van der Waals surface area contributed by atoms with Crippen LogP contribution in [0, 0.1) is 16.7 Å². The van der Waals surface area contributed by atoms with Crippen molar-refractivity contribution in [3.8, 4) is 0 Å². The number of carbonyl (C=O) groups is 1. The predicted molar refractivity (Wildman–Crippen MR) is 65.2 cm³/mol. The highest BCUT2D eigenvalue weighted by atomic mass is 19.4. The summed E-state index contributed by atoms with van der Waals surface area (Å²) in [5, 5.41) is 9.54. The maximum absolute atomic E-state index is 13.7. The van der Waals surface area contributed by atoms with E-state index in [1.54, 1.807) is 13.8 Å². The third-order valence-corrected chi connectivity index (χ3v) is 5.62. The van der Waals surface area contributed by atoms with Gasteiger partial charge in [-0.15, -0.1) is 0 Å². The SMILES string of the molecule is CC12CCC(/C(=C(/O)C(F)(F)C(F)(F)C(F)(F)F)C1=O)C2(C)C. The number of hydrogen-bond acceptors (Lipinski definition) is 2. The number of allylic oxidation sites excluding steroid dienone is 2. The van der Waals surface area contributed by atoms with Crippen LogP contribution >= 0.6 is 0 Å². The van der Waals surface area contributed by atoms with Gasteiger partial charge < -0.3 is 5.11 Å². The number of alkyl halides is 7. The Labute approximate surface area is 127 Å². The molecule has 132 valence electrons. The first-order chi connectivity index (χ1) is 10.0. The summed E-state index contributed by atoms with van der Waals surface area (Å²) in [5.74, 6) is -16.8. The van der Waals surface area contributed by atoms with E-state index in [1.165, 1.54) is 6.92 Å². The van der Waals surface area contributed by atoms with Gasteiger partial charge in [0.05, 0.1) is 0 Å². The zero-order valence-corrected chi connectivity index (χ0v) is 12.5. The van der Waals surface area contributed by atoms with Crippen molar-refractivity contribution in [1.82, 2.24) is 0 Å². The second-order valence-corrected chi connectivity index (χ2v) is 6.88. The monoisotopic (exact) mass is 348 g/mol. The zero-order valence-electron chi connectivity index (χ0n) is 12.5. The molecule has 0 spiro atoms. The molecule has 23 heavy (non-hydrogen) atoms. The first-order valence-corrected chi connectivity index (χ1v) is 6.84. The molecule has 0 radical (unpaired) electrons. The molecule has 1 N–H and O–H groups in total. The van der Waals surface area contributed by atoms with Crippen molar-refractivity contribution in [2.75, 3.05) is 0 Å². The van der Waals surface area contributed by atoms with E-state index in [1.807, 2.05) is 0 Å². The number of aliphatic hydroxyl groups is 1. The molecule has 0 saturated heterocycles. The molecule has 2 aliphatic rings. The van der Waals surface area contributed by atoms with Gasteiger partial charge in [0.2, 0.25) is 0 Å². The van der Waals surface area contributed by atoms with Gasteiger partial charge in [-0.05, 0) is 24.2 Å². The summed E-state index contributed by atoms with van der Waals surface area (Å²) in [6, 6.07) is 0. The number of rotatable bonds is 2. The lowest BCUT2D eigenvalue weighted by Gasteiger charge is -2.31. The lowest BCUT2D eigenvalue weighted by molar-refractivity contribution is -0.349. The predicted octanol–water partition coefficient (Wildman–Crippen LogP) is 4.66. The summed E-state index contributed by atoms with van der Waals surface area (Å²) in [5.41, 5.74) is -3.10.